The van der Waals surface area contributed by atoms with Crippen molar-refractivity contribution in [2.24, 2.45) is 0 Å². The minimum absolute atomic E-state index is 0.412. The average Bonchev–Trinajstić information content (AvgIpc) is 3.18. The quantitative estimate of drug-likeness (QED) is 0.431. The van der Waals surface area contributed by atoms with Gasteiger partial charge in [0, 0.05) is 23.9 Å². The van der Waals surface area contributed by atoms with E-state index >= 15 is 0 Å². The van der Waals surface area contributed by atoms with Crippen molar-refractivity contribution >= 4 is 22.4 Å². The van der Waals surface area contributed by atoms with Crippen molar-refractivity contribution in [1.82, 2.24) is 25.3 Å². The average molecular weight is 387 g/mol. The maximum absolute atomic E-state index is 5.63. The Kier molecular flexibility index (Phi) is 3.39. The molecule has 5 heterocycles. The van der Waals surface area contributed by atoms with Gasteiger partial charge in [-0.2, -0.15) is 4.98 Å². The van der Waals surface area contributed by atoms with Crippen LogP contribution in [0.3, 0.4) is 0 Å². The van der Waals surface area contributed by atoms with E-state index < -0.39 is 0 Å². The fourth-order valence-corrected chi connectivity index (χ4v) is 3.96. The zero-order valence-corrected chi connectivity index (χ0v) is 15.4. The van der Waals surface area contributed by atoms with Crippen LogP contribution in [0.15, 0.2) is 57.2 Å². The summed E-state index contributed by atoms with van der Waals surface area (Å²) in [6.45, 7) is 0. The SMILES string of the molecule is c1cncc(-c2noc(-c3cc(-c4cccs4)nc4onc(C5CC5)c34)n2)c1. The molecule has 7 nitrogen and oxygen atoms in total. The van der Waals surface area contributed by atoms with Gasteiger partial charge in [0.05, 0.1) is 27.2 Å². The maximum Gasteiger partial charge on any atom is 0.259 e. The molecule has 1 saturated carbocycles. The molecule has 0 saturated heterocycles. The molecule has 5 aromatic rings. The highest BCUT2D eigenvalue weighted by atomic mass is 32.1. The molecule has 0 N–H and O–H groups in total. The van der Waals surface area contributed by atoms with E-state index in [0.717, 1.165) is 45.6 Å². The van der Waals surface area contributed by atoms with Crippen LogP contribution in [0.2, 0.25) is 0 Å². The second-order valence-corrected chi connectivity index (χ2v) is 7.67. The Morgan fingerprint density at radius 3 is 2.79 bits per heavy atom. The van der Waals surface area contributed by atoms with Crippen LogP contribution in [0.5, 0.6) is 0 Å². The highest BCUT2D eigenvalue weighted by Crippen LogP contribution is 2.45. The third-order valence-electron chi connectivity index (χ3n) is 4.79. The molecule has 136 valence electrons. The van der Waals surface area contributed by atoms with Gasteiger partial charge in [0.1, 0.15) is 0 Å². The summed E-state index contributed by atoms with van der Waals surface area (Å²) < 4.78 is 11.2. The Labute approximate surface area is 163 Å². The highest BCUT2D eigenvalue weighted by molar-refractivity contribution is 7.13. The number of rotatable bonds is 4. The molecule has 0 radical (unpaired) electrons. The highest BCUT2D eigenvalue weighted by Gasteiger charge is 2.32. The third kappa shape index (κ3) is 2.53. The van der Waals surface area contributed by atoms with Crippen molar-refractivity contribution in [3.8, 4) is 33.4 Å². The molecule has 0 bridgehead atoms. The number of pyridine rings is 2. The van der Waals surface area contributed by atoms with Crippen LogP contribution in [-0.4, -0.2) is 25.3 Å². The van der Waals surface area contributed by atoms with Crippen molar-refractivity contribution in [3.63, 3.8) is 0 Å². The van der Waals surface area contributed by atoms with Gasteiger partial charge < -0.3 is 9.05 Å². The lowest BCUT2D eigenvalue weighted by atomic mass is 10.1. The molecule has 1 aliphatic rings. The number of hydrogen-bond acceptors (Lipinski definition) is 8. The molecule has 0 aromatic carbocycles. The Hall–Kier alpha value is -3.39. The van der Waals surface area contributed by atoms with E-state index in [2.05, 4.69) is 25.3 Å². The summed E-state index contributed by atoms with van der Waals surface area (Å²) in [4.78, 5) is 14.5. The molecule has 0 unspecified atom stereocenters. The Balaban J connectivity index is 1.56. The number of hydrogen-bond donors (Lipinski definition) is 0. The van der Waals surface area contributed by atoms with Crippen LogP contribution in [0.25, 0.3) is 44.5 Å². The Morgan fingerprint density at radius 1 is 1.04 bits per heavy atom. The molecule has 1 fully saturated rings. The largest absolute Gasteiger partial charge is 0.335 e. The predicted octanol–water partition coefficient (Wildman–Crippen LogP) is 4.94. The first kappa shape index (κ1) is 15.6. The fourth-order valence-electron chi connectivity index (χ4n) is 3.27. The minimum Gasteiger partial charge on any atom is -0.335 e. The molecular weight excluding hydrogens is 374 g/mol. The number of fused-ring (bicyclic) bond motifs is 1. The maximum atomic E-state index is 5.63. The zero-order valence-electron chi connectivity index (χ0n) is 14.6. The van der Waals surface area contributed by atoms with Gasteiger partial charge in [-0.25, -0.2) is 4.98 Å². The van der Waals surface area contributed by atoms with Gasteiger partial charge in [-0.15, -0.1) is 11.3 Å². The smallest absolute Gasteiger partial charge is 0.259 e. The van der Waals surface area contributed by atoms with Gasteiger partial charge in [-0.1, -0.05) is 16.4 Å². The molecule has 5 aromatic heterocycles. The molecule has 0 amide bonds. The Morgan fingerprint density at radius 2 is 2.00 bits per heavy atom. The minimum atomic E-state index is 0.412. The third-order valence-corrected chi connectivity index (χ3v) is 5.68. The Bertz CT molecular complexity index is 1270. The number of aromatic nitrogens is 5. The van der Waals surface area contributed by atoms with E-state index in [1.165, 1.54) is 0 Å². The molecule has 1 aliphatic carbocycles. The number of thiophene rings is 1. The predicted molar refractivity (Wildman–Crippen MR) is 104 cm³/mol. The molecule has 8 heteroatoms. The molecule has 28 heavy (non-hydrogen) atoms. The summed E-state index contributed by atoms with van der Waals surface area (Å²) in [6, 6.07) is 9.74. The summed E-state index contributed by atoms with van der Waals surface area (Å²) in [6.07, 6.45) is 5.64. The first-order valence-electron chi connectivity index (χ1n) is 8.95. The van der Waals surface area contributed by atoms with Gasteiger partial charge >= 0.3 is 0 Å². The van der Waals surface area contributed by atoms with Gasteiger partial charge in [0.15, 0.2) is 0 Å². The number of nitrogens with zero attached hydrogens (tertiary/aromatic N) is 5. The van der Waals surface area contributed by atoms with Crippen LogP contribution in [0.1, 0.15) is 24.5 Å². The summed E-state index contributed by atoms with van der Waals surface area (Å²) in [5.74, 6) is 1.33. The van der Waals surface area contributed by atoms with Crippen LogP contribution in [0.4, 0.5) is 0 Å². The first-order valence-corrected chi connectivity index (χ1v) is 9.83. The summed E-state index contributed by atoms with van der Waals surface area (Å²) in [5.41, 5.74) is 3.84. The molecule has 6 rings (SSSR count). The van der Waals surface area contributed by atoms with Crippen LogP contribution >= 0.6 is 11.3 Å². The molecule has 0 spiro atoms. The van der Waals surface area contributed by atoms with Crippen molar-refractivity contribution < 1.29 is 9.05 Å². The molecule has 0 atom stereocenters. The van der Waals surface area contributed by atoms with Crippen molar-refractivity contribution in [2.75, 3.05) is 0 Å². The van der Waals surface area contributed by atoms with Gasteiger partial charge in [-0.05, 0) is 42.5 Å². The lowest BCUT2D eigenvalue weighted by Gasteiger charge is -2.02. The lowest BCUT2D eigenvalue weighted by Crippen LogP contribution is -1.89. The summed E-state index contributed by atoms with van der Waals surface area (Å²) in [7, 11) is 0. The lowest BCUT2D eigenvalue weighted by molar-refractivity contribution is 0.432. The van der Waals surface area contributed by atoms with E-state index in [0.29, 0.717) is 23.3 Å². The van der Waals surface area contributed by atoms with E-state index in [1.807, 2.05) is 35.7 Å². The van der Waals surface area contributed by atoms with Crippen molar-refractivity contribution in [3.05, 3.63) is 53.8 Å². The van der Waals surface area contributed by atoms with Gasteiger partial charge in [0.2, 0.25) is 5.82 Å². The van der Waals surface area contributed by atoms with E-state index in [9.17, 15) is 0 Å². The monoisotopic (exact) mass is 387 g/mol. The van der Waals surface area contributed by atoms with Crippen LogP contribution in [0, 0.1) is 0 Å². The fraction of sp³-hybridized carbons (Fsp3) is 0.150. The van der Waals surface area contributed by atoms with E-state index in [4.69, 9.17) is 9.05 Å². The molecular formula is C20H13N5O2S. The normalized spacial score (nSPS) is 14.0. The standard InChI is InChI=1S/C20H13N5O2S/c1-3-12(10-21-7-1)18-23-19(26-25-18)13-9-14(15-4-2-8-28-15)22-20-16(13)17(24-27-20)11-5-6-11/h1-4,7-11H,5-6H2. The summed E-state index contributed by atoms with van der Waals surface area (Å²) >= 11 is 1.62. The summed E-state index contributed by atoms with van der Waals surface area (Å²) in [5, 5.41) is 11.3. The topological polar surface area (TPSA) is 90.7 Å². The van der Waals surface area contributed by atoms with Gasteiger partial charge in [0.25, 0.3) is 11.6 Å². The second-order valence-electron chi connectivity index (χ2n) is 6.72. The van der Waals surface area contributed by atoms with Gasteiger partial charge in [-0.3, -0.25) is 4.98 Å². The van der Waals surface area contributed by atoms with Crippen molar-refractivity contribution in [1.29, 1.82) is 0 Å². The van der Waals surface area contributed by atoms with E-state index in [1.54, 1.807) is 23.7 Å². The van der Waals surface area contributed by atoms with Crippen LogP contribution < -0.4 is 0 Å². The first-order chi connectivity index (χ1) is 13.9. The zero-order chi connectivity index (χ0) is 18.5. The second kappa shape index (κ2) is 6.07. The van der Waals surface area contributed by atoms with Crippen molar-refractivity contribution in [2.45, 2.75) is 18.8 Å². The molecule has 0 aliphatic heterocycles. The van der Waals surface area contributed by atoms with Crippen LogP contribution in [-0.2, 0) is 0 Å². The van der Waals surface area contributed by atoms with E-state index in [-0.39, 0.29) is 0 Å².